The SMILES string of the molecule is COc1ccc(CC(C)OC(C)=O)c(C)c1OC. The summed E-state index contributed by atoms with van der Waals surface area (Å²) in [4.78, 5) is 10.9. The fourth-order valence-electron chi connectivity index (χ4n) is 1.98. The fraction of sp³-hybridized carbons (Fsp3) is 0.500. The van der Waals surface area contributed by atoms with Crippen molar-refractivity contribution in [2.24, 2.45) is 0 Å². The lowest BCUT2D eigenvalue weighted by Crippen LogP contribution is -2.15. The van der Waals surface area contributed by atoms with Crippen molar-refractivity contribution < 1.29 is 19.0 Å². The summed E-state index contributed by atoms with van der Waals surface area (Å²) in [5.41, 5.74) is 2.09. The summed E-state index contributed by atoms with van der Waals surface area (Å²) in [5, 5.41) is 0. The van der Waals surface area contributed by atoms with Crippen molar-refractivity contribution in [2.75, 3.05) is 14.2 Å². The Morgan fingerprint density at radius 3 is 2.44 bits per heavy atom. The van der Waals surface area contributed by atoms with Gasteiger partial charge < -0.3 is 14.2 Å². The van der Waals surface area contributed by atoms with E-state index < -0.39 is 0 Å². The predicted molar refractivity (Wildman–Crippen MR) is 69.2 cm³/mol. The molecule has 18 heavy (non-hydrogen) atoms. The number of methoxy groups -OCH3 is 2. The van der Waals surface area contributed by atoms with Gasteiger partial charge in [0.05, 0.1) is 14.2 Å². The summed E-state index contributed by atoms with van der Waals surface area (Å²) in [7, 11) is 3.22. The molecule has 4 nitrogen and oxygen atoms in total. The van der Waals surface area contributed by atoms with Crippen LogP contribution in [0, 0.1) is 6.92 Å². The predicted octanol–water partition coefficient (Wildman–Crippen LogP) is 2.51. The summed E-state index contributed by atoms with van der Waals surface area (Å²) < 4.78 is 15.7. The molecule has 0 aliphatic heterocycles. The minimum Gasteiger partial charge on any atom is -0.493 e. The molecule has 1 aromatic rings. The number of rotatable bonds is 5. The molecule has 100 valence electrons. The zero-order valence-corrected chi connectivity index (χ0v) is 11.6. The monoisotopic (exact) mass is 252 g/mol. The molecule has 4 heteroatoms. The molecule has 1 unspecified atom stereocenters. The number of esters is 1. The summed E-state index contributed by atoms with van der Waals surface area (Å²) in [6.45, 7) is 5.26. The molecule has 0 aliphatic rings. The van der Waals surface area contributed by atoms with Crippen molar-refractivity contribution in [1.82, 2.24) is 0 Å². The van der Waals surface area contributed by atoms with Crippen molar-refractivity contribution in [3.63, 3.8) is 0 Å². The first-order valence-corrected chi connectivity index (χ1v) is 5.87. The third-order valence-electron chi connectivity index (χ3n) is 2.78. The van der Waals surface area contributed by atoms with E-state index in [4.69, 9.17) is 14.2 Å². The van der Waals surface area contributed by atoms with Crippen molar-refractivity contribution >= 4 is 5.97 Å². The lowest BCUT2D eigenvalue weighted by atomic mass is 10.0. The Morgan fingerprint density at radius 2 is 1.94 bits per heavy atom. The van der Waals surface area contributed by atoms with Gasteiger partial charge in [-0.15, -0.1) is 0 Å². The second-order valence-electron chi connectivity index (χ2n) is 4.21. The van der Waals surface area contributed by atoms with Crippen molar-refractivity contribution in [3.05, 3.63) is 23.3 Å². The molecular weight excluding hydrogens is 232 g/mol. The highest BCUT2D eigenvalue weighted by Gasteiger charge is 2.14. The summed E-state index contributed by atoms with van der Waals surface area (Å²) >= 11 is 0. The molecule has 1 atom stereocenters. The minimum absolute atomic E-state index is 0.153. The largest absolute Gasteiger partial charge is 0.493 e. The lowest BCUT2D eigenvalue weighted by molar-refractivity contribution is -0.145. The Bertz CT molecular complexity index is 426. The van der Waals surface area contributed by atoms with Crippen LogP contribution in [0.5, 0.6) is 11.5 Å². The van der Waals surface area contributed by atoms with E-state index in [1.165, 1.54) is 6.92 Å². The van der Waals surface area contributed by atoms with Gasteiger partial charge in [0.25, 0.3) is 0 Å². The van der Waals surface area contributed by atoms with Crippen LogP contribution in [0.15, 0.2) is 12.1 Å². The number of hydrogen-bond acceptors (Lipinski definition) is 4. The van der Waals surface area contributed by atoms with Gasteiger partial charge in [0.1, 0.15) is 6.10 Å². The highest BCUT2D eigenvalue weighted by molar-refractivity contribution is 5.66. The van der Waals surface area contributed by atoms with E-state index in [9.17, 15) is 4.79 Å². The van der Waals surface area contributed by atoms with E-state index in [0.717, 1.165) is 16.9 Å². The van der Waals surface area contributed by atoms with E-state index in [2.05, 4.69) is 0 Å². The Labute approximate surface area is 108 Å². The van der Waals surface area contributed by atoms with Gasteiger partial charge in [-0.05, 0) is 31.0 Å². The summed E-state index contributed by atoms with van der Waals surface area (Å²) in [6.07, 6.45) is 0.505. The van der Waals surface area contributed by atoms with Crippen LogP contribution < -0.4 is 9.47 Å². The van der Waals surface area contributed by atoms with Crippen LogP contribution in [0.4, 0.5) is 0 Å². The zero-order valence-electron chi connectivity index (χ0n) is 11.6. The Morgan fingerprint density at radius 1 is 1.28 bits per heavy atom. The van der Waals surface area contributed by atoms with E-state index in [-0.39, 0.29) is 12.1 Å². The molecule has 0 amide bonds. The van der Waals surface area contributed by atoms with Gasteiger partial charge in [-0.3, -0.25) is 4.79 Å². The fourth-order valence-corrected chi connectivity index (χ4v) is 1.98. The molecule has 0 heterocycles. The maximum Gasteiger partial charge on any atom is 0.302 e. The molecule has 0 spiro atoms. The molecule has 0 fully saturated rings. The first-order valence-electron chi connectivity index (χ1n) is 5.87. The highest BCUT2D eigenvalue weighted by Crippen LogP contribution is 2.33. The molecule has 0 aromatic heterocycles. The smallest absolute Gasteiger partial charge is 0.302 e. The van der Waals surface area contributed by atoms with E-state index in [0.29, 0.717) is 12.2 Å². The molecule has 0 aliphatic carbocycles. The van der Waals surface area contributed by atoms with Gasteiger partial charge in [0.15, 0.2) is 11.5 Å². The average Bonchev–Trinajstić information content (AvgIpc) is 2.30. The van der Waals surface area contributed by atoms with Gasteiger partial charge in [0.2, 0.25) is 0 Å². The van der Waals surface area contributed by atoms with E-state index >= 15 is 0 Å². The molecule has 1 rings (SSSR count). The molecule has 0 N–H and O–H groups in total. The number of ether oxygens (including phenoxy) is 3. The van der Waals surface area contributed by atoms with Crippen molar-refractivity contribution in [2.45, 2.75) is 33.3 Å². The van der Waals surface area contributed by atoms with Gasteiger partial charge in [-0.25, -0.2) is 0 Å². The van der Waals surface area contributed by atoms with E-state index in [1.807, 2.05) is 26.0 Å². The first-order chi connectivity index (χ1) is 8.49. The molecule has 1 aromatic carbocycles. The molecule has 0 bridgehead atoms. The molecule has 0 saturated heterocycles. The molecular formula is C14H20O4. The third-order valence-corrected chi connectivity index (χ3v) is 2.78. The average molecular weight is 252 g/mol. The third kappa shape index (κ3) is 3.39. The standard InChI is InChI=1S/C14H20O4/c1-9(18-11(3)15)8-12-6-7-13(16-4)14(17-5)10(12)2/h6-7,9H,8H2,1-5H3. The van der Waals surface area contributed by atoms with Crippen LogP contribution >= 0.6 is 0 Å². The van der Waals surface area contributed by atoms with Crippen LogP contribution in [-0.4, -0.2) is 26.3 Å². The molecule has 0 saturated carbocycles. The van der Waals surface area contributed by atoms with Gasteiger partial charge in [-0.2, -0.15) is 0 Å². The Balaban J connectivity index is 2.93. The number of carbonyl (C=O) groups excluding carboxylic acids is 1. The normalized spacial score (nSPS) is 11.8. The topological polar surface area (TPSA) is 44.8 Å². The van der Waals surface area contributed by atoms with Gasteiger partial charge in [-0.1, -0.05) is 6.07 Å². The van der Waals surface area contributed by atoms with Crippen LogP contribution in [0.25, 0.3) is 0 Å². The highest BCUT2D eigenvalue weighted by atomic mass is 16.5. The lowest BCUT2D eigenvalue weighted by Gasteiger charge is -2.17. The van der Waals surface area contributed by atoms with Crippen molar-refractivity contribution in [1.29, 1.82) is 0 Å². The van der Waals surface area contributed by atoms with Gasteiger partial charge in [0, 0.05) is 13.3 Å². The molecule has 0 radical (unpaired) electrons. The first kappa shape index (κ1) is 14.4. The number of carbonyl (C=O) groups is 1. The number of benzene rings is 1. The maximum absolute atomic E-state index is 10.9. The van der Waals surface area contributed by atoms with Crippen LogP contribution in [0.2, 0.25) is 0 Å². The van der Waals surface area contributed by atoms with Gasteiger partial charge >= 0.3 is 5.97 Å². The minimum atomic E-state index is -0.263. The Hall–Kier alpha value is -1.71. The van der Waals surface area contributed by atoms with E-state index in [1.54, 1.807) is 14.2 Å². The second kappa shape index (κ2) is 6.28. The van der Waals surface area contributed by atoms with Crippen molar-refractivity contribution in [3.8, 4) is 11.5 Å². The Kier molecular flexibility index (Phi) is 5.01. The summed E-state index contributed by atoms with van der Waals surface area (Å²) in [6, 6.07) is 3.83. The zero-order chi connectivity index (χ0) is 13.7. The quantitative estimate of drug-likeness (QED) is 0.755. The summed E-state index contributed by atoms with van der Waals surface area (Å²) in [5.74, 6) is 1.17. The van der Waals surface area contributed by atoms with Crippen LogP contribution in [-0.2, 0) is 16.0 Å². The maximum atomic E-state index is 10.9. The van der Waals surface area contributed by atoms with Crippen LogP contribution in [0.3, 0.4) is 0 Å². The second-order valence-corrected chi connectivity index (χ2v) is 4.21. The number of hydrogen-bond donors (Lipinski definition) is 0. The van der Waals surface area contributed by atoms with Crippen LogP contribution in [0.1, 0.15) is 25.0 Å².